The minimum Gasteiger partial charge on any atom is -0.444 e. The first-order chi connectivity index (χ1) is 13.9. The van der Waals surface area contributed by atoms with Gasteiger partial charge >= 0.3 is 6.09 Å². The van der Waals surface area contributed by atoms with Gasteiger partial charge in [-0.15, -0.1) is 24.0 Å². The molecule has 30 heavy (non-hydrogen) atoms. The summed E-state index contributed by atoms with van der Waals surface area (Å²) in [6.45, 7) is 13.8. The summed E-state index contributed by atoms with van der Waals surface area (Å²) in [4.78, 5) is 18.9. The summed E-state index contributed by atoms with van der Waals surface area (Å²) >= 11 is 0. The summed E-state index contributed by atoms with van der Waals surface area (Å²) in [5, 5.41) is 6.67. The Hall–Kier alpha value is -0.810. The van der Waals surface area contributed by atoms with E-state index in [4.69, 9.17) is 19.2 Å². The Bertz CT molecular complexity index is 522. The molecule has 2 atom stereocenters. The zero-order valence-corrected chi connectivity index (χ0v) is 21.4. The molecule has 2 fully saturated rings. The first kappa shape index (κ1) is 27.2. The van der Waals surface area contributed by atoms with Crippen LogP contribution in [0.15, 0.2) is 4.99 Å². The van der Waals surface area contributed by atoms with E-state index in [2.05, 4.69) is 17.6 Å². The van der Waals surface area contributed by atoms with Gasteiger partial charge in [0.25, 0.3) is 0 Å². The van der Waals surface area contributed by atoms with E-state index in [9.17, 15) is 4.79 Å². The normalized spacial score (nSPS) is 22.4. The van der Waals surface area contributed by atoms with Crippen LogP contribution in [0.3, 0.4) is 0 Å². The fourth-order valence-electron chi connectivity index (χ4n) is 3.44. The first-order valence-corrected chi connectivity index (χ1v) is 11.1. The molecule has 176 valence electrons. The van der Waals surface area contributed by atoms with Crippen molar-refractivity contribution in [2.45, 2.75) is 65.1 Å². The van der Waals surface area contributed by atoms with E-state index >= 15 is 0 Å². The quantitative estimate of drug-likeness (QED) is 0.213. The van der Waals surface area contributed by atoms with Crippen LogP contribution in [0.25, 0.3) is 0 Å². The molecule has 2 aliphatic heterocycles. The summed E-state index contributed by atoms with van der Waals surface area (Å²) in [7, 11) is 0. The number of carbonyl (C=O) groups excluding carboxylic acids is 1. The average Bonchev–Trinajstić information content (AvgIpc) is 3.18. The van der Waals surface area contributed by atoms with E-state index in [1.165, 1.54) is 0 Å². The number of halogens is 1. The third kappa shape index (κ3) is 11.0. The monoisotopic (exact) mass is 540 g/mol. The number of nitrogens with one attached hydrogen (secondary N) is 2. The van der Waals surface area contributed by atoms with Gasteiger partial charge in [-0.1, -0.05) is 0 Å². The molecule has 9 heteroatoms. The number of piperidine rings is 1. The van der Waals surface area contributed by atoms with Crippen LogP contribution in [-0.2, 0) is 14.2 Å². The van der Waals surface area contributed by atoms with Crippen LogP contribution in [0.1, 0.15) is 53.4 Å². The van der Waals surface area contributed by atoms with Gasteiger partial charge in [-0.05, 0) is 59.3 Å². The molecule has 2 aliphatic rings. The lowest BCUT2D eigenvalue weighted by atomic mass is 9.98. The molecule has 0 radical (unpaired) electrons. The second kappa shape index (κ2) is 14.3. The van der Waals surface area contributed by atoms with E-state index in [1.807, 2.05) is 25.7 Å². The molecule has 2 unspecified atom stereocenters. The minimum absolute atomic E-state index is 0. The number of aliphatic imine (C=N–C) groups is 1. The number of hydrogen-bond donors (Lipinski definition) is 2. The van der Waals surface area contributed by atoms with Crippen LogP contribution in [0.5, 0.6) is 0 Å². The van der Waals surface area contributed by atoms with Gasteiger partial charge in [0.2, 0.25) is 0 Å². The Kier molecular flexibility index (Phi) is 13.0. The van der Waals surface area contributed by atoms with Crippen molar-refractivity contribution in [2.24, 2.45) is 10.9 Å². The number of hydrogen-bond acceptors (Lipinski definition) is 5. The Morgan fingerprint density at radius 1 is 1.27 bits per heavy atom. The van der Waals surface area contributed by atoms with Crippen molar-refractivity contribution in [1.82, 2.24) is 15.5 Å². The largest absolute Gasteiger partial charge is 0.444 e. The van der Waals surface area contributed by atoms with Crippen molar-refractivity contribution in [3.05, 3.63) is 0 Å². The van der Waals surface area contributed by atoms with Crippen LogP contribution >= 0.6 is 24.0 Å². The van der Waals surface area contributed by atoms with Crippen LogP contribution in [-0.4, -0.2) is 81.2 Å². The maximum Gasteiger partial charge on any atom is 0.410 e. The predicted octanol–water partition coefficient (Wildman–Crippen LogP) is 3.00. The number of likely N-dealkylation sites (tertiary alicyclic amines) is 1. The summed E-state index contributed by atoms with van der Waals surface area (Å²) in [5.41, 5.74) is -0.460. The molecule has 8 nitrogen and oxygen atoms in total. The molecule has 2 rings (SSSR count). The number of nitrogens with zero attached hydrogens (tertiary/aromatic N) is 2. The molecule has 2 N–H and O–H groups in total. The number of carbonyl (C=O) groups is 1. The Morgan fingerprint density at radius 3 is 2.73 bits per heavy atom. The molecular formula is C21H41IN4O4. The van der Waals surface area contributed by atoms with Crippen molar-refractivity contribution in [2.75, 3.05) is 52.5 Å². The molecule has 2 saturated heterocycles. The van der Waals surface area contributed by atoms with Gasteiger partial charge in [0.1, 0.15) is 5.60 Å². The van der Waals surface area contributed by atoms with E-state index in [0.717, 1.165) is 71.1 Å². The van der Waals surface area contributed by atoms with Crippen LogP contribution in [0.4, 0.5) is 4.79 Å². The number of rotatable bonds is 8. The van der Waals surface area contributed by atoms with Gasteiger partial charge in [-0.3, -0.25) is 4.99 Å². The van der Waals surface area contributed by atoms with E-state index < -0.39 is 5.60 Å². The second-order valence-corrected chi connectivity index (χ2v) is 8.79. The average molecular weight is 540 g/mol. The highest BCUT2D eigenvalue weighted by Crippen LogP contribution is 2.19. The smallest absolute Gasteiger partial charge is 0.410 e. The highest BCUT2D eigenvalue weighted by molar-refractivity contribution is 14.0. The second-order valence-electron chi connectivity index (χ2n) is 8.79. The fraction of sp³-hybridized carbons (Fsp3) is 0.905. The van der Waals surface area contributed by atoms with Gasteiger partial charge in [-0.25, -0.2) is 4.79 Å². The van der Waals surface area contributed by atoms with Crippen LogP contribution < -0.4 is 10.6 Å². The summed E-state index contributed by atoms with van der Waals surface area (Å²) in [6, 6.07) is 0. The standard InChI is InChI=1S/C21H40N4O4.HI/c1-5-22-19(23-10-7-12-28-18-9-13-27-16-18)24-14-17-8-6-11-25(15-17)20(26)29-21(2,3)4;/h17-18H,5-16H2,1-4H3,(H2,22,23,24);1H. The SMILES string of the molecule is CCNC(=NCC1CCCN(C(=O)OC(C)(C)C)C1)NCCCOC1CCOC1.I. The van der Waals surface area contributed by atoms with E-state index in [0.29, 0.717) is 19.0 Å². The van der Waals surface area contributed by atoms with Crippen molar-refractivity contribution in [3.63, 3.8) is 0 Å². The molecule has 0 aliphatic carbocycles. The van der Waals surface area contributed by atoms with E-state index in [-0.39, 0.29) is 36.2 Å². The minimum atomic E-state index is -0.460. The predicted molar refractivity (Wildman–Crippen MR) is 130 cm³/mol. The maximum atomic E-state index is 12.3. The highest BCUT2D eigenvalue weighted by Gasteiger charge is 2.27. The fourth-order valence-corrected chi connectivity index (χ4v) is 3.44. The Morgan fingerprint density at radius 2 is 2.07 bits per heavy atom. The summed E-state index contributed by atoms with van der Waals surface area (Å²) < 4.78 is 16.6. The third-order valence-electron chi connectivity index (χ3n) is 4.88. The molecule has 0 aromatic carbocycles. The van der Waals surface area contributed by atoms with Gasteiger partial charge in [0, 0.05) is 45.9 Å². The number of amides is 1. The molecule has 0 bridgehead atoms. The number of ether oxygens (including phenoxy) is 3. The molecule has 0 saturated carbocycles. The molecule has 0 spiro atoms. The van der Waals surface area contributed by atoms with Crippen LogP contribution in [0, 0.1) is 5.92 Å². The lowest BCUT2D eigenvalue weighted by Crippen LogP contribution is -2.44. The van der Waals surface area contributed by atoms with Crippen LogP contribution in [0.2, 0.25) is 0 Å². The zero-order chi connectivity index (χ0) is 21.1. The Labute approximate surface area is 198 Å². The van der Waals surface area contributed by atoms with E-state index in [1.54, 1.807) is 0 Å². The van der Waals surface area contributed by atoms with Crippen molar-refractivity contribution in [3.8, 4) is 0 Å². The first-order valence-electron chi connectivity index (χ1n) is 11.1. The topological polar surface area (TPSA) is 84.4 Å². The van der Waals surface area contributed by atoms with Crippen molar-refractivity contribution in [1.29, 1.82) is 0 Å². The summed E-state index contributed by atoms with van der Waals surface area (Å²) in [6.07, 6.45) is 4.04. The van der Waals surface area contributed by atoms with Crippen molar-refractivity contribution >= 4 is 36.0 Å². The Balaban J connectivity index is 0.00000450. The molecule has 2 heterocycles. The molecule has 0 aromatic rings. The van der Waals surface area contributed by atoms with Gasteiger partial charge in [0.15, 0.2) is 5.96 Å². The summed E-state index contributed by atoms with van der Waals surface area (Å²) in [5.74, 6) is 1.18. The zero-order valence-electron chi connectivity index (χ0n) is 19.1. The van der Waals surface area contributed by atoms with Crippen molar-refractivity contribution < 1.29 is 19.0 Å². The number of guanidine groups is 1. The van der Waals surface area contributed by atoms with Gasteiger partial charge in [0.05, 0.1) is 12.7 Å². The lowest BCUT2D eigenvalue weighted by molar-refractivity contribution is 0.0170. The molecule has 1 amide bonds. The molecular weight excluding hydrogens is 499 g/mol. The van der Waals surface area contributed by atoms with Gasteiger partial charge in [-0.2, -0.15) is 0 Å². The maximum absolute atomic E-state index is 12.3. The van der Waals surface area contributed by atoms with Gasteiger partial charge < -0.3 is 29.7 Å². The highest BCUT2D eigenvalue weighted by atomic mass is 127. The molecule has 0 aromatic heterocycles. The lowest BCUT2D eigenvalue weighted by Gasteiger charge is -2.33. The third-order valence-corrected chi connectivity index (χ3v) is 4.88.